The van der Waals surface area contributed by atoms with Crippen molar-refractivity contribution < 1.29 is 14.8 Å². The van der Waals surface area contributed by atoms with Crippen LogP contribution in [0.15, 0.2) is 72.8 Å². The molecule has 0 saturated heterocycles. The number of anilines is 1. The molecular formula is C24H26ClN2O2+. The molecule has 1 amide bonds. The van der Waals surface area contributed by atoms with Crippen LogP contribution in [0.2, 0.25) is 5.02 Å². The molecule has 0 radical (unpaired) electrons. The van der Waals surface area contributed by atoms with Crippen LogP contribution < -0.4 is 15.4 Å². The lowest BCUT2D eigenvalue weighted by atomic mass is 10.0. The Bertz CT molecular complexity index is 958. The first-order valence-corrected chi connectivity index (χ1v) is 9.96. The molecule has 3 rings (SSSR count). The lowest BCUT2D eigenvalue weighted by molar-refractivity contribution is -0.718. The molecule has 0 saturated carbocycles. The lowest BCUT2D eigenvalue weighted by Crippen LogP contribution is -2.87. The number of rotatable bonds is 7. The smallest absolute Gasteiger partial charge is 0.287 e. The fourth-order valence-corrected chi connectivity index (χ4v) is 3.43. The standard InChI is InChI=1S/C24H25ClN2O2/c1-16-9-14-22(29-3)21(15-16)27-24(28)23(19-7-5-4-6-8-19)26-17(2)18-10-12-20(25)13-11-18/h4-15,17,23,26H,1-3H3,(H,27,28)/p+1/t17-,23+/m1/s1. The second-order valence-electron chi connectivity index (χ2n) is 7.11. The van der Waals surface area contributed by atoms with Crippen molar-refractivity contribution in [3.8, 4) is 5.75 Å². The molecule has 0 heterocycles. The molecule has 0 aliphatic carbocycles. The van der Waals surface area contributed by atoms with Crippen molar-refractivity contribution in [1.82, 2.24) is 0 Å². The lowest BCUT2D eigenvalue weighted by Gasteiger charge is -2.21. The van der Waals surface area contributed by atoms with E-state index in [1.165, 1.54) is 0 Å². The highest BCUT2D eigenvalue weighted by molar-refractivity contribution is 6.30. The number of hydrogen-bond donors (Lipinski definition) is 2. The topological polar surface area (TPSA) is 54.9 Å². The molecule has 150 valence electrons. The molecule has 0 aliphatic rings. The number of hydrogen-bond acceptors (Lipinski definition) is 2. The van der Waals surface area contributed by atoms with E-state index in [9.17, 15) is 4.79 Å². The second kappa shape index (κ2) is 9.59. The predicted octanol–water partition coefficient (Wildman–Crippen LogP) is 4.66. The zero-order valence-electron chi connectivity index (χ0n) is 16.9. The van der Waals surface area contributed by atoms with Crippen LogP contribution in [0.1, 0.15) is 35.7 Å². The van der Waals surface area contributed by atoms with Crippen molar-refractivity contribution >= 4 is 23.2 Å². The summed E-state index contributed by atoms with van der Waals surface area (Å²) in [6.45, 7) is 4.07. The molecule has 2 atom stereocenters. The maximum atomic E-state index is 13.3. The number of amides is 1. The highest BCUT2D eigenvalue weighted by Gasteiger charge is 2.27. The Labute approximate surface area is 176 Å². The van der Waals surface area contributed by atoms with Gasteiger partial charge in [0.1, 0.15) is 11.8 Å². The Morgan fingerprint density at radius 1 is 1.00 bits per heavy atom. The Hall–Kier alpha value is -2.82. The number of aryl methyl sites for hydroxylation is 1. The largest absolute Gasteiger partial charge is 0.495 e. The number of halogens is 1. The first-order chi connectivity index (χ1) is 14.0. The van der Waals surface area contributed by atoms with Gasteiger partial charge in [-0.3, -0.25) is 4.79 Å². The van der Waals surface area contributed by atoms with Gasteiger partial charge in [-0.25, -0.2) is 0 Å². The number of carbonyl (C=O) groups is 1. The van der Waals surface area contributed by atoms with E-state index in [1.54, 1.807) is 7.11 Å². The van der Waals surface area contributed by atoms with Crippen LogP contribution in [0.5, 0.6) is 5.75 Å². The van der Waals surface area contributed by atoms with Crippen LogP contribution in [-0.4, -0.2) is 13.0 Å². The van der Waals surface area contributed by atoms with Crippen LogP contribution in [0.3, 0.4) is 0 Å². The highest BCUT2D eigenvalue weighted by Crippen LogP contribution is 2.26. The van der Waals surface area contributed by atoms with Crippen LogP contribution in [0.25, 0.3) is 0 Å². The van der Waals surface area contributed by atoms with Crippen molar-refractivity contribution in [2.45, 2.75) is 25.9 Å². The van der Waals surface area contributed by atoms with E-state index in [0.29, 0.717) is 16.5 Å². The molecular weight excluding hydrogens is 384 g/mol. The van der Waals surface area contributed by atoms with Crippen molar-refractivity contribution in [2.75, 3.05) is 12.4 Å². The summed E-state index contributed by atoms with van der Waals surface area (Å²) in [6.07, 6.45) is 0. The number of benzene rings is 3. The molecule has 5 heteroatoms. The van der Waals surface area contributed by atoms with E-state index in [2.05, 4.69) is 17.6 Å². The zero-order chi connectivity index (χ0) is 20.8. The number of methoxy groups -OCH3 is 1. The molecule has 29 heavy (non-hydrogen) atoms. The summed E-state index contributed by atoms with van der Waals surface area (Å²) < 4.78 is 5.41. The number of nitrogens with one attached hydrogen (secondary N) is 1. The van der Waals surface area contributed by atoms with Crippen molar-refractivity contribution in [1.29, 1.82) is 0 Å². The van der Waals surface area contributed by atoms with Crippen LogP contribution in [0.4, 0.5) is 5.69 Å². The normalized spacial score (nSPS) is 12.8. The van der Waals surface area contributed by atoms with Gasteiger partial charge < -0.3 is 15.4 Å². The fourth-order valence-electron chi connectivity index (χ4n) is 3.31. The van der Waals surface area contributed by atoms with Crippen LogP contribution >= 0.6 is 11.6 Å². The van der Waals surface area contributed by atoms with Crippen molar-refractivity contribution in [3.05, 3.63) is 94.5 Å². The van der Waals surface area contributed by atoms with Crippen LogP contribution in [-0.2, 0) is 4.79 Å². The molecule has 4 nitrogen and oxygen atoms in total. The number of ether oxygens (including phenoxy) is 1. The maximum Gasteiger partial charge on any atom is 0.287 e. The third-order valence-corrected chi connectivity index (χ3v) is 5.18. The van der Waals surface area contributed by atoms with E-state index in [0.717, 1.165) is 16.7 Å². The van der Waals surface area contributed by atoms with E-state index >= 15 is 0 Å². The van der Waals surface area contributed by atoms with Gasteiger partial charge in [0.25, 0.3) is 5.91 Å². The SMILES string of the molecule is COc1ccc(C)cc1NC(=O)[C@@H]([NH2+][C@H](C)c1ccc(Cl)cc1)c1ccccc1. The van der Waals surface area contributed by atoms with Gasteiger partial charge >= 0.3 is 0 Å². The summed E-state index contributed by atoms with van der Waals surface area (Å²) in [7, 11) is 1.60. The van der Waals surface area contributed by atoms with E-state index < -0.39 is 6.04 Å². The first kappa shape index (κ1) is 20.9. The van der Waals surface area contributed by atoms with Gasteiger partial charge in [-0.1, -0.05) is 60.1 Å². The van der Waals surface area contributed by atoms with Crippen molar-refractivity contribution in [3.63, 3.8) is 0 Å². The fraction of sp³-hybridized carbons (Fsp3) is 0.208. The van der Waals surface area contributed by atoms with E-state index in [4.69, 9.17) is 16.3 Å². The molecule has 0 aromatic heterocycles. The van der Waals surface area contributed by atoms with Gasteiger partial charge in [0.05, 0.1) is 12.8 Å². The third-order valence-electron chi connectivity index (χ3n) is 4.93. The summed E-state index contributed by atoms with van der Waals surface area (Å²) in [5.74, 6) is 0.544. The minimum Gasteiger partial charge on any atom is -0.495 e. The molecule has 0 aliphatic heterocycles. The quantitative estimate of drug-likeness (QED) is 0.596. The van der Waals surface area contributed by atoms with Gasteiger partial charge in [0, 0.05) is 16.1 Å². The summed E-state index contributed by atoms with van der Waals surface area (Å²) in [5.41, 5.74) is 3.77. The molecule has 3 aromatic rings. The van der Waals surface area contributed by atoms with Crippen LogP contribution in [0, 0.1) is 6.92 Å². The van der Waals surface area contributed by atoms with Crippen molar-refractivity contribution in [2.24, 2.45) is 0 Å². The zero-order valence-corrected chi connectivity index (χ0v) is 17.6. The maximum absolute atomic E-state index is 13.3. The summed E-state index contributed by atoms with van der Waals surface area (Å²) in [6, 6.07) is 22.9. The number of carbonyl (C=O) groups excluding carboxylic acids is 1. The minimum absolute atomic E-state index is 0.0719. The average molecular weight is 410 g/mol. The summed E-state index contributed by atoms with van der Waals surface area (Å²) >= 11 is 6.01. The summed E-state index contributed by atoms with van der Waals surface area (Å²) in [4.78, 5) is 13.3. The van der Waals surface area contributed by atoms with Gasteiger partial charge in [0.15, 0.2) is 6.04 Å². The molecule has 3 aromatic carbocycles. The molecule has 0 spiro atoms. The minimum atomic E-state index is -0.410. The third kappa shape index (κ3) is 5.37. The monoisotopic (exact) mass is 409 g/mol. The number of nitrogens with two attached hydrogens (primary N) is 1. The highest BCUT2D eigenvalue weighted by atomic mass is 35.5. The van der Waals surface area contributed by atoms with E-state index in [1.807, 2.05) is 79.7 Å². The van der Waals surface area contributed by atoms with E-state index in [-0.39, 0.29) is 11.9 Å². The second-order valence-corrected chi connectivity index (χ2v) is 7.55. The Morgan fingerprint density at radius 2 is 1.69 bits per heavy atom. The Morgan fingerprint density at radius 3 is 2.34 bits per heavy atom. The summed E-state index contributed by atoms with van der Waals surface area (Å²) in [5, 5.41) is 5.82. The average Bonchev–Trinajstić information content (AvgIpc) is 2.73. The van der Waals surface area contributed by atoms with Gasteiger partial charge in [-0.2, -0.15) is 0 Å². The molecule has 3 N–H and O–H groups in total. The molecule has 0 bridgehead atoms. The molecule has 0 fully saturated rings. The van der Waals surface area contributed by atoms with Gasteiger partial charge in [-0.15, -0.1) is 0 Å². The first-order valence-electron chi connectivity index (χ1n) is 9.59. The predicted molar refractivity (Wildman–Crippen MR) is 117 cm³/mol. The van der Waals surface area contributed by atoms with Gasteiger partial charge in [0.2, 0.25) is 0 Å². The Kier molecular flexibility index (Phi) is 6.91. The van der Waals surface area contributed by atoms with Gasteiger partial charge in [-0.05, 0) is 43.7 Å². The number of quaternary nitrogens is 1. The molecule has 0 unspecified atom stereocenters. The Balaban J connectivity index is 1.86.